The first-order valence-corrected chi connectivity index (χ1v) is 11.6. The molecule has 10 heteroatoms. The minimum atomic E-state index is -1.19. The van der Waals surface area contributed by atoms with Gasteiger partial charge in [0.15, 0.2) is 0 Å². The number of aliphatic hydroxyl groups is 1. The number of halogens is 1. The molecule has 0 atom stereocenters. The van der Waals surface area contributed by atoms with Crippen LogP contribution in [0.4, 0.5) is 27.3 Å². The third kappa shape index (κ3) is 4.61. The molecular formula is C27H29FN4O5. The number of hydrogen-bond acceptors (Lipinski definition) is 6. The molecule has 1 saturated heterocycles. The molecule has 3 aromatic rings. The molecule has 2 aromatic carbocycles. The number of nitrogens with zero attached hydrogens (tertiary/aromatic N) is 3. The molecule has 0 spiro atoms. The zero-order valence-corrected chi connectivity index (χ0v) is 21.3. The van der Waals surface area contributed by atoms with E-state index in [2.05, 4.69) is 5.32 Å². The predicted octanol–water partition coefficient (Wildman–Crippen LogP) is 3.10. The lowest BCUT2D eigenvalue weighted by Crippen LogP contribution is -2.46. The van der Waals surface area contributed by atoms with Gasteiger partial charge in [0.05, 0.1) is 24.6 Å². The largest absolute Gasteiger partial charge is 0.380 e. The summed E-state index contributed by atoms with van der Waals surface area (Å²) in [6.45, 7) is 3.50. The first kappa shape index (κ1) is 26.1. The van der Waals surface area contributed by atoms with Gasteiger partial charge in [-0.3, -0.25) is 23.9 Å². The lowest BCUT2D eigenvalue weighted by Gasteiger charge is -2.37. The number of carbonyl (C=O) groups is 2. The van der Waals surface area contributed by atoms with Crippen molar-refractivity contribution in [3.8, 4) is 0 Å². The zero-order chi connectivity index (χ0) is 27.1. The van der Waals surface area contributed by atoms with Gasteiger partial charge < -0.3 is 20.1 Å². The molecule has 4 rings (SSSR count). The first-order valence-electron chi connectivity index (χ1n) is 11.6. The van der Waals surface area contributed by atoms with Crippen LogP contribution in [0, 0.1) is 19.7 Å². The second kappa shape index (κ2) is 9.79. The standard InChI is InChI=1S/C27H29FN4O5/c1-16-9-10-21(20(28)11-16)29-24-22(26(35)30(3)4)23(17(2)25(34)31(24)5)32(15-33)19-8-6-7-18(12-19)27(36)13-37-14-27/h6-12,15,29,36H,13-14H2,1-5H3. The number of anilines is 4. The fourth-order valence-electron chi connectivity index (χ4n) is 4.29. The highest BCUT2D eigenvalue weighted by atomic mass is 19.1. The van der Waals surface area contributed by atoms with Gasteiger partial charge in [0.1, 0.15) is 22.8 Å². The van der Waals surface area contributed by atoms with Gasteiger partial charge in [0.25, 0.3) is 11.5 Å². The third-order valence-electron chi connectivity index (χ3n) is 6.48. The Morgan fingerprint density at radius 1 is 1.19 bits per heavy atom. The second-order valence-electron chi connectivity index (χ2n) is 9.42. The van der Waals surface area contributed by atoms with Crippen LogP contribution in [0.3, 0.4) is 0 Å². The Hall–Kier alpha value is -4.02. The number of carbonyl (C=O) groups excluding carboxylic acids is 2. The Labute approximate surface area is 213 Å². The fourth-order valence-corrected chi connectivity index (χ4v) is 4.29. The molecule has 0 aliphatic carbocycles. The number of amides is 2. The number of hydrogen-bond donors (Lipinski definition) is 2. The Morgan fingerprint density at radius 3 is 2.46 bits per heavy atom. The maximum Gasteiger partial charge on any atom is 0.259 e. The smallest absolute Gasteiger partial charge is 0.259 e. The van der Waals surface area contributed by atoms with E-state index in [1.165, 1.54) is 40.5 Å². The summed E-state index contributed by atoms with van der Waals surface area (Å²) in [4.78, 5) is 41.9. The maximum absolute atomic E-state index is 14.8. The van der Waals surface area contributed by atoms with Crippen molar-refractivity contribution < 1.29 is 23.8 Å². The molecule has 0 radical (unpaired) electrons. The van der Waals surface area contributed by atoms with Gasteiger partial charge in [0, 0.05) is 32.4 Å². The van der Waals surface area contributed by atoms with E-state index in [1.807, 2.05) is 0 Å². The Balaban J connectivity index is 1.97. The van der Waals surface area contributed by atoms with E-state index in [4.69, 9.17) is 4.74 Å². The van der Waals surface area contributed by atoms with E-state index in [1.54, 1.807) is 51.4 Å². The number of nitrogens with one attached hydrogen (secondary N) is 1. The van der Waals surface area contributed by atoms with Gasteiger partial charge in [0.2, 0.25) is 6.41 Å². The van der Waals surface area contributed by atoms with Crippen LogP contribution in [0.2, 0.25) is 0 Å². The van der Waals surface area contributed by atoms with Gasteiger partial charge in [-0.2, -0.15) is 0 Å². The predicted molar refractivity (Wildman–Crippen MR) is 138 cm³/mol. The molecule has 2 amide bonds. The van der Waals surface area contributed by atoms with Crippen LogP contribution in [0.5, 0.6) is 0 Å². The van der Waals surface area contributed by atoms with Gasteiger partial charge in [-0.15, -0.1) is 0 Å². The van der Waals surface area contributed by atoms with E-state index in [0.717, 1.165) is 0 Å². The Bertz CT molecular complexity index is 1450. The molecule has 194 valence electrons. The Kier molecular flexibility index (Phi) is 6.90. The van der Waals surface area contributed by atoms with E-state index in [0.29, 0.717) is 23.2 Å². The van der Waals surface area contributed by atoms with Crippen molar-refractivity contribution in [1.29, 1.82) is 0 Å². The first-order chi connectivity index (χ1) is 17.5. The van der Waals surface area contributed by atoms with E-state index in [9.17, 15) is 23.9 Å². The third-order valence-corrected chi connectivity index (χ3v) is 6.48. The molecule has 2 heterocycles. The summed E-state index contributed by atoms with van der Waals surface area (Å²) in [5.41, 5.74) is 0.180. The van der Waals surface area contributed by atoms with Crippen LogP contribution in [0.1, 0.15) is 27.0 Å². The normalized spacial score (nSPS) is 14.0. The van der Waals surface area contributed by atoms with Crippen LogP contribution >= 0.6 is 0 Å². The number of aromatic nitrogens is 1. The number of ether oxygens (including phenoxy) is 1. The molecule has 2 N–H and O–H groups in total. The maximum atomic E-state index is 14.8. The van der Waals surface area contributed by atoms with Crippen LogP contribution in [0.15, 0.2) is 47.3 Å². The van der Waals surface area contributed by atoms with Crippen molar-refractivity contribution in [2.75, 3.05) is 37.5 Å². The minimum absolute atomic E-state index is 0.00719. The van der Waals surface area contributed by atoms with Crippen molar-refractivity contribution >= 4 is 35.2 Å². The van der Waals surface area contributed by atoms with Crippen LogP contribution in [0.25, 0.3) is 0 Å². The summed E-state index contributed by atoms with van der Waals surface area (Å²) >= 11 is 0. The average molecular weight is 509 g/mol. The molecule has 1 aliphatic rings. The summed E-state index contributed by atoms with van der Waals surface area (Å²) < 4.78 is 21.2. The summed E-state index contributed by atoms with van der Waals surface area (Å²) in [6.07, 6.45) is 0.505. The number of pyridine rings is 1. The highest BCUT2D eigenvalue weighted by Crippen LogP contribution is 2.38. The second-order valence-corrected chi connectivity index (χ2v) is 9.42. The Morgan fingerprint density at radius 2 is 1.89 bits per heavy atom. The van der Waals surface area contributed by atoms with E-state index < -0.39 is 22.9 Å². The number of aryl methyl sites for hydroxylation is 1. The lowest BCUT2D eigenvalue weighted by atomic mass is 9.91. The molecule has 1 fully saturated rings. The summed E-state index contributed by atoms with van der Waals surface area (Å²) in [6, 6.07) is 11.2. The minimum Gasteiger partial charge on any atom is -0.380 e. The summed E-state index contributed by atoms with van der Waals surface area (Å²) in [7, 11) is 4.56. The molecule has 1 aliphatic heterocycles. The molecule has 0 unspecified atom stereocenters. The molecule has 9 nitrogen and oxygen atoms in total. The SMILES string of the molecule is Cc1ccc(Nc2c(C(=O)N(C)C)c(N(C=O)c3cccc(C4(O)COC4)c3)c(C)c(=O)n2C)c(F)c1. The van der Waals surface area contributed by atoms with E-state index in [-0.39, 0.29) is 41.5 Å². The summed E-state index contributed by atoms with van der Waals surface area (Å²) in [5.74, 6) is -1.03. The number of benzene rings is 2. The van der Waals surface area contributed by atoms with Crippen molar-refractivity contribution in [3.63, 3.8) is 0 Å². The van der Waals surface area contributed by atoms with Gasteiger partial charge >= 0.3 is 0 Å². The van der Waals surface area contributed by atoms with Crippen molar-refractivity contribution in [2.45, 2.75) is 19.4 Å². The highest BCUT2D eigenvalue weighted by molar-refractivity contribution is 6.08. The summed E-state index contributed by atoms with van der Waals surface area (Å²) in [5, 5.41) is 13.6. The molecule has 1 aromatic heterocycles. The number of rotatable bonds is 7. The van der Waals surface area contributed by atoms with Crippen molar-refractivity contribution in [2.24, 2.45) is 7.05 Å². The van der Waals surface area contributed by atoms with Crippen LogP contribution < -0.4 is 15.8 Å². The molecular weight excluding hydrogens is 479 g/mol. The van der Waals surface area contributed by atoms with E-state index >= 15 is 0 Å². The molecule has 37 heavy (non-hydrogen) atoms. The lowest BCUT2D eigenvalue weighted by molar-refractivity contribution is -0.184. The molecule has 0 bridgehead atoms. The van der Waals surface area contributed by atoms with Gasteiger partial charge in [-0.05, 0) is 49.2 Å². The van der Waals surface area contributed by atoms with Crippen LogP contribution in [-0.4, -0.2) is 54.2 Å². The average Bonchev–Trinajstić information content (AvgIpc) is 2.85. The quantitative estimate of drug-likeness (QED) is 0.476. The monoisotopic (exact) mass is 508 g/mol. The zero-order valence-electron chi connectivity index (χ0n) is 21.3. The topological polar surface area (TPSA) is 104 Å². The fraction of sp³-hybridized carbons (Fsp3) is 0.296. The van der Waals surface area contributed by atoms with Crippen LogP contribution in [-0.2, 0) is 22.2 Å². The van der Waals surface area contributed by atoms with Gasteiger partial charge in [-0.1, -0.05) is 18.2 Å². The van der Waals surface area contributed by atoms with Crippen molar-refractivity contribution in [1.82, 2.24) is 9.47 Å². The van der Waals surface area contributed by atoms with Crippen molar-refractivity contribution in [3.05, 3.63) is 80.9 Å². The highest BCUT2D eigenvalue weighted by Gasteiger charge is 2.38. The molecule has 0 saturated carbocycles. The van der Waals surface area contributed by atoms with Gasteiger partial charge in [-0.25, -0.2) is 4.39 Å².